The Labute approximate surface area is 155 Å². The lowest BCUT2D eigenvalue weighted by molar-refractivity contribution is -0.120. The molecule has 2 aromatic carbocycles. The number of guanidine groups is 1. The molecular formula is C19H21F3N4O. The monoisotopic (exact) mass is 378 g/mol. The lowest BCUT2D eigenvalue weighted by atomic mass is 10.1. The van der Waals surface area contributed by atoms with Crippen LogP contribution < -0.4 is 16.0 Å². The summed E-state index contributed by atoms with van der Waals surface area (Å²) >= 11 is 0. The van der Waals surface area contributed by atoms with Crippen LogP contribution >= 0.6 is 0 Å². The maximum absolute atomic E-state index is 13.6. The summed E-state index contributed by atoms with van der Waals surface area (Å²) in [5, 5.41) is 8.56. The third-order valence-corrected chi connectivity index (χ3v) is 3.70. The fraction of sp³-hybridized carbons (Fsp3) is 0.263. The molecule has 0 aliphatic carbocycles. The second-order valence-corrected chi connectivity index (χ2v) is 5.74. The predicted octanol–water partition coefficient (Wildman–Crippen LogP) is 2.13. The van der Waals surface area contributed by atoms with Crippen molar-refractivity contribution in [2.45, 2.75) is 13.0 Å². The molecule has 5 nitrogen and oxygen atoms in total. The van der Waals surface area contributed by atoms with Gasteiger partial charge in [0.15, 0.2) is 5.96 Å². The van der Waals surface area contributed by atoms with Crippen LogP contribution in [0.2, 0.25) is 0 Å². The van der Waals surface area contributed by atoms with Crippen LogP contribution in [0.3, 0.4) is 0 Å². The number of halogens is 3. The molecule has 0 fully saturated rings. The van der Waals surface area contributed by atoms with Crippen molar-refractivity contribution in [3.05, 3.63) is 71.0 Å². The van der Waals surface area contributed by atoms with E-state index in [1.165, 1.54) is 12.1 Å². The van der Waals surface area contributed by atoms with Crippen LogP contribution in [0.4, 0.5) is 13.2 Å². The van der Waals surface area contributed by atoms with Crippen molar-refractivity contribution >= 4 is 11.9 Å². The van der Waals surface area contributed by atoms with Gasteiger partial charge in [0.05, 0.1) is 6.42 Å². The van der Waals surface area contributed by atoms with Gasteiger partial charge in [-0.3, -0.25) is 9.79 Å². The van der Waals surface area contributed by atoms with Crippen molar-refractivity contribution in [3.63, 3.8) is 0 Å². The summed E-state index contributed by atoms with van der Waals surface area (Å²) in [6.45, 7) is 0.801. The van der Waals surface area contributed by atoms with E-state index in [1.807, 2.05) is 0 Å². The molecule has 1 amide bonds. The largest absolute Gasteiger partial charge is 0.355 e. The highest BCUT2D eigenvalue weighted by Crippen LogP contribution is 2.09. The van der Waals surface area contributed by atoms with Gasteiger partial charge in [-0.2, -0.15) is 0 Å². The van der Waals surface area contributed by atoms with Gasteiger partial charge in [-0.15, -0.1) is 0 Å². The first-order valence-electron chi connectivity index (χ1n) is 8.37. The first-order valence-corrected chi connectivity index (χ1v) is 8.37. The fourth-order valence-electron chi connectivity index (χ4n) is 2.31. The minimum Gasteiger partial charge on any atom is -0.355 e. The average molecular weight is 378 g/mol. The van der Waals surface area contributed by atoms with Crippen molar-refractivity contribution in [1.29, 1.82) is 0 Å². The van der Waals surface area contributed by atoms with Crippen LogP contribution in [-0.4, -0.2) is 32.0 Å². The molecule has 0 atom stereocenters. The molecule has 0 saturated heterocycles. The van der Waals surface area contributed by atoms with Crippen LogP contribution in [0.25, 0.3) is 0 Å². The summed E-state index contributed by atoms with van der Waals surface area (Å²) in [4.78, 5) is 15.8. The Kier molecular flexibility index (Phi) is 7.66. The Hall–Kier alpha value is -3.03. The van der Waals surface area contributed by atoms with E-state index < -0.39 is 11.6 Å². The number of hydrogen-bond acceptors (Lipinski definition) is 2. The Bertz CT molecular complexity index is 794. The first kappa shape index (κ1) is 20.3. The molecule has 3 N–H and O–H groups in total. The SMILES string of the molecule is CN=C(NCCNC(=O)Cc1ccc(F)cc1)NCc1cc(F)ccc1F. The van der Waals surface area contributed by atoms with Crippen LogP contribution in [0, 0.1) is 17.5 Å². The number of carbonyl (C=O) groups excluding carboxylic acids is 1. The van der Waals surface area contributed by atoms with Crippen LogP contribution in [-0.2, 0) is 17.8 Å². The Morgan fingerprint density at radius 2 is 1.59 bits per heavy atom. The fourth-order valence-corrected chi connectivity index (χ4v) is 2.31. The molecule has 8 heteroatoms. The molecule has 2 aromatic rings. The normalized spacial score (nSPS) is 11.2. The number of hydrogen-bond donors (Lipinski definition) is 3. The second-order valence-electron chi connectivity index (χ2n) is 5.74. The standard InChI is InChI=1S/C19H21F3N4O/c1-23-19(26-12-14-11-16(21)6-7-17(14)22)25-9-8-24-18(27)10-13-2-4-15(20)5-3-13/h2-7,11H,8-10,12H2,1H3,(H,24,27)(H2,23,25,26). The number of benzene rings is 2. The summed E-state index contributed by atoms with van der Waals surface area (Å²) in [6, 6.07) is 8.97. The lowest BCUT2D eigenvalue weighted by Gasteiger charge is -2.13. The zero-order valence-corrected chi connectivity index (χ0v) is 14.9. The maximum Gasteiger partial charge on any atom is 0.224 e. The summed E-state index contributed by atoms with van der Waals surface area (Å²) in [6.07, 6.45) is 0.159. The zero-order chi connectivity index (χ0) is 19.6. The summed E-state index contributed by atoms with van der Waals surface area (Å²) in [5.74, 6) is -1.16. The highest BCUT2D eigenvalue weighted by molar-refractivity contribution is 5.80. The molecule has 0 saturated carbocycles. The predicted molar refractivity (Wildman–Crippen MR) is 97.7 cm³/mol. The molecule has 0 unspecified atom stereocenters. The quantitative estimate of drug-likeness (QED) is 0.393. The van der Waals surface area contributed by atoms with Crippen LogP contribution in [0.1, 0.15) is 11.1 Å². The van der Waals surface area contributed by atoms with E-state index in [-0.39, 0.29) is 30.3 Å². The second kappa shape index (κ2) is 10.2. The average Bonchev–Trinajstić information content (AvgIpc) is 2.65. The van der Waals surface area contributed by atoms with E-state index in [0.717, 1.165) is 23.8 Å². The number of rotatable bonds is 7. The van der Waals surface area contributed by atoms with Gasteiger partial charge in [-0.05, 0) is 35.9 Å². The molecule has 2 rings (SSSR count). The van der Waals surface area contributed by atoms with Crippen molar-refractivity contribution in [1.82, 2.24) is 16.0 Å². The van der Waals surface area contributed by atoms with E-state index >= 15 is 0 Å². The van der Waals surface area contributed by atoms with E-state index in [0.29, 0.717) is 19.0 Å². The highest BCUT2D eigenvalue weighted by atomic mass is 19.1. The molecule has 0 spiro atoms. The molecule has 0 aliphatic heterocycles. The molecule has 27 heavy (non-hydrogen) atoms. The highest BCUT2D eigenvalue weighted by Gasteiger charge is 2.06. The van der Waals surface area contributed by atoms with E-state index in [1.54, 1.807) is 19.2 Å². The lowest BCUT2D eigenvalue weighted by Crippen LogP contribution is -2.41. The number of amides is 1. The number of carbonyl (C=O) groups is 1. The third kappa shape index (κ3) is 7.01. The van der Waals surface area contributed by atoms with Gasteiger partial charge in [0.25, 0.3) is 0 Å². The van der Waals surface area contributed by atoms with E-state index in [9.17, 15) is 18.0 Å². The maximum atomic E-state index is 13.6. The van der Waals surface area contributed by atoms with Gasteiger partial charge in [0.2, 0.25) is 5.91 Å². The summed E-state index contributed by atoms with van der Waals surface area (Å²) in [5.41, 5.74) is 0.905. The van der Waals surface area contributed by atoms with Crippen LogP contribution in [0.15, 0.2) is 47.5 Å². The van der Waals surface area contributed by atoms with Crippen molar-refractivity contribution in [2.75, 3.05) is 20.1 Å². The Morgan fingerprint density at radius 1 is 0.926 bits per heavy atom. The minimum atomic E-state index is -0.514. The van der Waals surface area contributed by atoms with Gasteiger partial charge < -0.3 is 16.0 Å². The smallest absolute Gasteiger partial charge is 0.224 e. The van der Waals surface area contributed by atoms with Gasteiger partial charge in [-0.1, -0.05) is 12.1 Å². The van der Waals surface area contributed by atoms with Gasteiger partial charge >= 0.3 is 0 Å². The van der Waals surface area contributed by atoms with E-state index in [4.69, 9.17) is 0 Å². The number of aliphatic imine (C=N–C) groups is 1. The van der Waals surface area contributed by atoms with Crippen molar-refractivity contribution in [2.24, 2.45) is 4.99 Å². The van der Waals surface area contributed by atoms with Gasteiger partial charge in [-0.25, -0.2) is 13.2 Å². The van der Waals surface area contributed by atoms with E-state index in [2.05, 4.69) is 20.9 Å². The molecule has 144 valence electrons. The molecule has 0 aromatic heterocycles. The Morgan fingerprint density at radius 3 is 2.30 bits per heavy atom. The topological polar surface area (TPSA) is 65.5 Å². The molecule has 0 radical (unpaired) electrons. The van der Waals surface area contributed by atoms with Gasteiger partial charge in [0.1, 0.15) is 17.5 Å². The third-order valence-electron chi connectivity index (χ3n) is 3.70. The van der Waals surface area contributed by atoms with Crippen molar-refractivity contribution in [3.8, 4) is 0 Å². The molecular weight excluding hydrogens is 357 g/mol. The first-order chi connectivity index (χ1) is 13.0. The number of nitrogens with zero attached hydrogens (tertiary/aromatic N) is 1. The summed E-state index contributed by atoms with van der Waals surface area (Å²) in [7, 11) is 1.55. The number of nitrogens with one attached hydrogen (secondary N) is 3. The van der Waals surface area contributed by atoms with Gasteiger partial charge in [0, 0.05) is 32.2 Å². The summed E-state index contributed by atoms with van der Waals surface area (Å²) < 4.78 is 39.6. The van der Waals surface area contributed by atoms with Crippen LogP contribution in [0.5, 0.6) is 0 Å². The molecule has 0 heterocycles. The molecule has 0 aliphatic rings. The minimum absolute atomic E-state index is 0.0696. The Balaban J connectivity index is 1.69. The molecule has 0 bridgehead atoms. The van der Waals surface area contributed by atoms with Crippen molar-refractivity contribution < 1.29 is 18.0 Å². The zero-order valence-electron chi connectivity index (χ0n) is 14.9.